The zero-order chi connectivity index (χ0) is 14.8. The average molecular weight is 381 g/mol. The number of hydrogen-bond donors (Lipinski definition) is 0. The van der Waals surface area contributed by atoms with Gasteiger partial charge in [0.05, 0.1) is 15.6 Å². The quantitative estimate of drug-likeness (QED) is 0.491. The highest BCUT2D eigenvalue weighted by atomic mass is 79.9. The number of aromatic nitrogens is 1. The maximum absolute atomic E-state index is 6.27. The van der Waals surface area contributed by atoms with Crippen molar-refractivity contribution in [3.05, 3.63) is 75.9 Å². The van der Waals surface area contributed by atoms with Gasteiger partial charge in [0.1, 0.15) is 0 Å². The Morgan fingerprint density at radius 3 is 2.62 bits per heavy atom. The normalized spacial score (nSPS) is 12.5. The highest BCUT2D eigenvalue weighted by Crippen LogP contribution is 2.35. The Hall–Kier alpha value is -1.09. The largest absolute Gasteiger partial charge is 0.253 e. The van der Waals surface area contributed by atoms with Gasteiger partial charge in [-0.15, -0.1) is 0 Å². The number of para-hydroxylation sites is 1. The van der Waals surface area contributed by atoms with Crippen LogP contribution in [0, 0.1) is 0 Å². The third-order valence-corrected chi connectivity index (χ3v) is 5.01. The predicted molar refractivity (Wildman–Crippen MR) is 93.6 cm³/mol. The van der Waals surface area contributed by atoms with Crippen LogP contribution in [-0.2, 0) is 6.42 Å². The van der Waals surface area contributed by atoms with Crippen LogP contribution in [0.5, 0.6) is 0 Å². The Labute approximate surface area is 142 Å². The number of rotatable bonds is 3. The lowest BCUT2D eigenvalue weighted by Gasteiger charge is -2.13. The summed E-state index contributed by atoms with van der Waals surface area (Å²) in [6.45, 7) is 0. The highest BCUT2D eigenvalue weighted by molar-refractivity contribution is 9.09. The van der Waals surface area contributed by atoms with E-state index in [-0.39, 0.29) is 4.83 Å². The Morgan fingerprint density at radius 1 is 0.952 bits per heavy atom. The first-order chi connectivity index (χ1) is 10.1. The van der Waals surface area contributed by atoms with Crippen molar-refractivity contribution in [3.8, 4) is 0 Å². The van der Waals surface area contributed by atoms with Crippen molar-refractivity contribution < 1.29 is 0 Å². The third-order valence-electron chi connectivity index (χ3n) is 3.36. The molecule has 3 rings (SSSR count). The Bertz CT molecular complexity index is 789. The highest BCUT2D eigenvalue weighted by Gasteiger charge is 2.14. The molecule has 1 nitrogen and oxygen atoms in total. The summed E-state index contributed by atoms with van der Waals surface area (Å²) < 4.78 is 0. The molecule has 0 amide bonds. The SMILES string of the molecule is Clc1cccc(C(Br)Cc2ccc3ccccc3n2)c1Cl. The van der Waals surface area contributed by atoms with E-state index in [0.29, 0.717) is 10.0 Å². The van der Waals surface area contributed by atoms with Gasteiger partial charge in [-0.25, -0.2) is 0 Å². The van der Waals surface area contributed by atoms with Crippen molar-refractivity contribution in [2.45, 2.75) is 11.2 Å². The molecule has 0 saturated carbocycles. The molecule has 0 spiro atoms. The Morgan fingerprint density at radius 2 is 1.76 bits per heavy atom. The maximum Gasteiger partial charge on any atom is 0.0705 e. The van der Waals surface area contributed by atoms with Gasteiger partial charge in [0.25, 0.3) is 0 Å². The van der Waals surface area contributed by atoms with E-state index in [0.717, 1.165) is 28.6 Å². The molecule has 2 aromatic carbocycles. The first-order valence-corrected chi connectivity index (χ1v) is 8.25. The molecule has 3 aromatic rings. The fourth-order valence-electron chi connectivity index (χ4n) is 2.28. The topological polar surface area (TPSA) is 12.9 Å². The van der Waals surface area contributed by atoms with Gasteiger partial charge in [-0.2, -0.15) is 0 Å². The fourth-order valence-corrected chi connectivity index (χ4v) is 3.56. The lowest BCUT2D eigenvalue weighted by molar-refractivity contribution is 0.913. The summed E-state index contributed by atoms with van der Waals surface area (Å²) in [5, 5.41) is 2.32. The number of nitrogens with zero attached hydrogens (tertiary/aromatic N) is 1. The van der Waals surface area contributed by atoms with Crippen molar-refractivity contribution in [1.29, 1.82) is 0 Å². The molecule has 0 saturated heterocycles. The summed E-state index contributed by atoms with van der Waals surface area (Å²) >= 11 is 16.0. The fraction of sp³-hybridized carbons (Fsp3) is 0.118. The molecule has 21 heavy (non-hydrogen) atoms. The molecule has 1 aromatic heterocycles. The summed E-state index contributed by atoms with van der Waals surface area (Å²) in [5.74, 6) is 0. The first-order valence-electron chi connectivity index (χ1n) is 6.58. The molecule has 4 heteroatoms. The van der Waals surface area contributed by atoms with Gasteiger partial charge in [0.15, 0.2) is 0 Å². The van der Waals surface area contributed by atoms with Crippen molar-refractivity contribution in [3.63, 3.8) is 0 Å². The van der Waals surface area contributed by atoms with E-state index in [1.54, 1.807) is 6.07 Å². The van der Waals surface area contributed by atoms with Gasteiger partial charge in [-0.1, -0.05) is 75.5 Å². The van der Waals surface area contributed by atoms with Crippen LogP contribution < -0.4 is 0 Å². The van der Waals surface area contributed by atoms with Crippen LogP contribution in [0.25, 0.3) is 10.9 Å². The lowest BCUT2D eigenvalue weighted by atomic mass is 10.1. The summed E-state index contributed by atoms with van der Waals surface area (Å²) in [4.78, 5) is 4.77. The number of alkyl halides is 1. The number of hydrogen-bond acceptors (Lipinski definition) is 1. The van der Waals surface area contributed by atoms with Crippen LogP contribution in [-0.4, -0.2) is 4.98 Å². The minimum absolute atomic E-state index is 0.0809. The van der Waals surface area contributed by atoms with E-state index in [9.17, 15) is 0 Å². The van der Waals surface area contributed by atoms with E-state index in [4.69, 9.17) is 23.2 Å². The summed E-state index contributed by atoms with van der Waals surface area (Å²) in [7, 11) is 0. The molecule has 0 aliphatic carbocycles. The molecular formula is C17H12BrCl2N. The summed E-state index contributed by atoms with van der Waals surface area (Å²) in [6, 6.07) is 17.9. The maximum atomic E-state index is 6.27. The van der Waals surface area contributed by atoms with Crippen molar-refractivity contribution >= 4 is 50.0 Å². The van der Waals surface area contributed by atoms with Gasteiger partial charge < -0.3 is 0 Å². The smallest absolute Gasteiger partial charge is 0.0705 e. The second kappa shape index (κ2) is 6.35. The van der Waals surface area contributed by atoms with E-state index in [1.807, 2.05) is 30.3 Å². The molecule has 1 unspecified atom stereocenters. The van der Waals surface area contributed by atoms with Crippen molar-refractivity contribution in [2.75, 3.05) is 0 Å². The van der Waals surface area contributed by atoms with E-state index in [2.05, 4.69) is 39.1 Å². The summed E-state index contributed by atoms with van der Waals surface area (Å²) in [6.07, 6.45) is 0.755. The van der Waals surface area contributed by atoms with Crippen LogP contribution >= 0.6 is 39.1 Å². The molecule has 0 fully saturated rings. The molecule has 1 atom stereocenters. The lowest BCUT2D eigenvalue weighted by Crippen LogP contribution is -1.99. The predicted octanol–water partition coefficient (Wildman–Crippen LogP) is 6.22. The molecular weight excluding hydrogens is 369 g/mol. The van der Waals surface area contributed by atoms with Crippen molar-refractivity contribution in [1.82, 2.24) is 4.98 Å². The molecule has 0 aliphatic rings. The van der Waals surface area contributed by atoms with Crippen LogP contribution in [0.4, 0.5) is 0 Å². The van der Waals surface area contributed by atoms with Gasteiger partial charge in [-0.3, -0.25) is 4.98 Å². The second-order valence-electron chi connectivity index (χ2n) is 4.81. The summed E-state index contributed by atoms with van der Waals surface area (Å²) in [5.41, 5.74) is 3.01. The van der Waals surface area contributed by atoms with Gasteiger partial charge in [0, 0.05) is 22.3 Å². The second-order valence-corrected chi connectivity index (χ2v) is 6.70. The molecule has 0 radical (unpaired) electrons. The molecule has 0 N–H and O–H groups in total. The molecule has 0 bridgehead atoms. The van der Waals surface area contributed by atoms with E-state index >= 15 is 0 Å². The van der Waals surface area contributed by atoms with E-state index in [1.165, 1.54) is 0 Å². The van der Waals surface area contributed by atoms with Crippen LogP contribution in [0.3, 0.4) is 0 Å². The monoisotopic (exact) mass is 379 g/mol. The third kappa shape index (κ3) is 3.23. The number of fused-ring (bicyclic) bond motifs is 1. The molecule has 1 heterocycles. The van der Waals surface area contributed by atoms with E-state index < -0.39 is 0 Å². The Balaban J connectivity index is 1.89. The number of halogens is 3. The minimum Gasteiger partial charge on any atom is -0.253 e. The standard InChI is InChI=1S/C17H12BrCl2N/c18-14(13-5-3-6-15(19)17(13)20)10-12-9-8-11-4-1-2-7-16(11)21-12/h1-9,14H,10H2. The molecule has 0 aliphatic heterocycles. The first kappa shape index (κ1) is 14.8. The average Bonchev–Trinajstić information content (AvgIpc) is 2.50. The van der Waals surface area contributed by atoms with Crippen molar-refractivity contribution in [2.24, 2.45) is 0 Å². The zero-order valence-electron chi connectivity index (χ0n) is 11.1. The number of benzene rings is 2. The Kier molecular flexibility index (Phi) is 4.48. The van der Waals surface area contributed by atoms with Crippen LogP contribution in [0.15, 0.2) is 54.6 Å². The zero-order valence-corrected chi connectivity index (χ0v) is 14.2. The molecule has 106 valence electrons. The number of pyridine rings is 1. The van der Waals surface area contributed by atoms with Gasteiger partial charge in [0.2, 0.25) is 0 Å². The van der Waals surface area contributed by atoms with Crippen LogP contribution in [0.2, 0.25) is 10.0 Å². The van der Waals surface area contributed by atoms with Gasteiger partial charge in [-0.05, 0) is 23.8 Å². The minimum atomic E-state index is 0.0809. The van der Waals surface area contributed by atoms with Gasteiger partial charge >= 0.3 is 0 Å². The van der Waals surface area contributed by atoms with Crippen LogP contribution in [0.1, 0.15) is 16.1 Å².